The second-order valence-electron chi connectivity index (χ2n) is 6.90. The van der Waals surface area contributed by atoms with Gasteiger partial charge in [0.15, 0.2) is 0 Å². The van der Waals surface area contributed by atoms with Crippen molar-refractivity contribution in [2.75, 3.05) is 7.11 Å². The first-order valence-electron chi connectivity index (χ1n) is 8.08. The summed E-state index contributed by atoms with van der Waals surface area (Å²) < 4.78 is 16.8. The average molecular weight is 339 g/mol. The zero-order valence-electron chi connectivity index (χ0n) is 14.6. The molecule has 126 valence electrons. The van der Waals surface area contributed by atoms with Gasteiger partial charge in [-0.2, -0.15) is 0 Å². The molecule has 1 atom stereocenters. The Kier molecular flexibility index (Phi) is 4.78. The first-order chi connectivity index (χ1) is 11.5. The molecule has 2 aromatic rings. The summed E-state index contributed by atoms with van der Waals surface area (Å²) in [5, 5.41) is 0. The van der Waals surface area contributed by atoms with E-state index in [0.29, 0.717) is 0 Å². The van der Waals surface area contributed by atoms with Crippen LogP contribution in [0.5, 0.6) is 5.75 Å². The van der Waals surface area contributed by atoms with Crippen LogP contribution in [0.15, 0.2) is 54.6 Å². The Labute approximate surface area is 146 Å². The van der Waals surface area contributed by atoms with Crippen molar-refractivity contribution < 1.29 is 13.6 Å². The van der Waals surface area contributed by atoms with Crippen LogP contribution in [0.3, 0.4) is 0 Å². The minimum Gasteiger partial charge on any atom is -0.688 e. The van der Waals surface area contributed by atoms with Gasteiger partial charge in [0.1, 0.15) is 5.75 Å². The molecule has 1 aliphatic rings. The molecule has 0 bridgehead atoms. The molecule has 1 unspecified atom stereocenters. The van der Waals surface area contributed by atoms with Gasteiger partial charge in [0.2, 0.25) is 0 Å². The lowest BCUT2D eigenvalue weighted by molar-refractivity contribution is 0.209. The van der Waals surface area contributed by atoms with Crippen LogP contribution >= 0.6 is 0 Å². The third-order valence-corrected chi connectivity index (χ3v) is 4.91. The van der Waals surface area contributed by atoms with Crippen molar-refractivity contribution in [2.24, 2.45) is 0 Å². The molecule has 0 radical (unpaired) electrons. The van der Waals surface area contributed by atoms with Gasteiger partial charge in [-0.05, 0) is 34.8 Å². The van der Waals surface area contributed by atoms with Gasteiger partial charge in [-0.1, -0.05) is 57.2 Å². The summed E-state index contributed by atoms with van der Waals surface area (Å²) >= 11 is 0. The number of hydrogen-bond donors (Lipinski definition) is 0. The molecule has 0 saturated carbocycles. The molecule has 1 heterocycles. The molecule has 4 heteroatoms. The minimum absolute atomic E-state index is 0.0723. The van der Waals surface area contributed by atoms with E-state index in [2.05, 4.69) is 45.0 Å². The van der Waals surface area contributed by atoms with Crippen LogP contribution in [0.2, 0.25) is 0 Å². The van der Waals surface area contributed by atoms with Gasteiger partial charge >= 0.3 is 0 Å². The molecule has 3 nitrogen and oxygen atoms in total. The fraction of sp³-hybridized carbons (Fsp3) is 0.300. The van der Waals surface area contributed by atoms with E-state index in [0.717, 1.165) is 22.6 Å². The first-order valence-corrected chi connectivity index (χ1v) is 9.02. The lowest BCUT2D eigenvalue weighted by Crippen LogP contribution is -2.15. The molecular weight excluding hydrogens is 316 g/mol. The van der Waals surface area contributed by atoms with E-state index in [4.69, 9.17) is 13.6 Å². The minimum atomic E-state index is -0.514. The van der Waals surface area contributed by atoms with Gasteiger partial charge in [0.05, 0.1) is 29.0 Å². The van der Waals surface area contributed by atoms with Gasteiger partial charge in [-0.15, -0.1) is 0 Å². The molecule has 24 heavy (non-hydrogen) atoms. The van der Waals surface area contributed by atoms with Crippen molar-refractivity contribution >= 4 is 15.8 Å². The van der Waals surface area contributed by atoms with Crippen LogP contribution < -0.4 is 4.74 Å². The largest absolute Gasteiger partial charge is 0.688 e. The maximum Gasteiger partial charge on any atom is 0.118 e. The normalized spacial score (nSPS) is 17.8. The SMILES string of the molecule is COc1ccc(C2C=C(c3ccc(C(C)(C)C)cc3)O[SiH-]O2)cc1. The summed E-state index contributed by atoms with van der Waals surface area (Å²) in [6.07, 6.45) is 1.97. The molecule has 0 amide bonds. The molecule has 0 saturated heterocycles. The van der Waals surface area contributed by atoms with Gasteiger partial charge in [0, 0.05) is 5.56 Å². The monoisotopic (exact) mass is 339 g/mol. The van der Waals surface area contributed by atoms with Crippen LogP contribution in [0.4, 0.5) is 0 Å². The smallest absolute Gasteiger partial charge is 0.118 e. The Morgan fingerprint density at radius 3 is 2.21 bits per heavy atom. The number of ether oxygens (including phenoxy) is 1. The highest BCUT2D eigenvalue weighted by molar-refractivity contribution is 6.21. The Hall–Kier alpha value is -2.04. The highest BCUT2D eigenvalue weighted by atomic mass is 28.3. The van der Waals surface area contributed by atoms with E-state index in [-0.39, 0.29) is 11.5 Å². The van der Waals surface area contributed by atoms with Gasteiger partial charge in [-0.3, -0.25) is 0 Å². The summed E-state index contributed by atoms with van der Waals surface area (Å²) in [4.78, 5) is 0. The fourth-order valence-corrected chi connectivity index (χ4v) is 3.35. The van der Waals surface area contributed by atoms with Crippen molar-refractivity contribution in [3.05, 3.63) is 71.3 Å². The lowest BCUT2D eigenvalue weighted by atomic mass is 9.86. The quantitative estimate of drug-likeness (QED) is 0.776. The predicted octanol–water partition coefficient (Wildman–Crippen LogP) is 4.39. The molecule has 0 aliphatic carbocycles. The van der Waals surface area contributed by atoms with Crippen LogP contribution in [0, 0.1) is 0 Å². The predicted molar refractivity (Wildman–Crippen MR) is 98.2 cm³/mol. The molecule has 0 spiro atoms. The van der Waals surface area contributed by atoms with E-state index in [1.807, 2.05) is 30.3 Å². The summed E-state index contributed by atoms with van der Waals surface area (Å²) in [5.41, 5.74) is 3.67. The molecular formula is C20H23O3Si-. The highest BCUT2D eigenvalue weighted by Crippen LogP contribution is 2.31. The third kappa shape index (κ3) is 3.71. The Balaban J connectivity index is 1.83. The number of benzene rings is 2. The summed E-state index contributed by atoms with van der Waals surface area (Å²) in [7, 11) is 1.16. The molecule has 0 aromatic heterocycles. The van der Waals surface area contributed by atoms with E-state index < -0.39 is 10.0 Å². The Bertz CT molecular complexity index is 712. The van der Waals surface area contributed by atoms with Crippen molar-refractivity contribution in [3.8, 4) is 5.75 Å². The van der Waals surface area contributed by atoms with E-state index in [1.165, 1.54) is 5.56 Å². The molecule has 0 N–H and O–H groups in total. The summed E-state index contributed by atoms with van der Waals surface area (Å²) in [6, 6.07) is 16.6. The van der Waals surface area contributed by atoms with Crippen LogP contribution in [0.1, 0.15) is 43.6 Å². The zero-order valence-corrected chi connectivity index (χ0v) is 15.7. The van der Waals surface area contributed by atoms with Crippen molar-refractivity contribution in [1.29, 1.82) is 0 Å². The summed E-state index contributed by atoms with van der Waals surface area (Å²) in [5.74, 6) is 1.75. The van der Waals surface area contributed by atoms with Crippen LogP contribution in [-0.2, 0) is 14.3 Å². The second kappa shape index (κ2) is 6.83. The fourth-order valence-electron chi connectivity index (χ4n) is 2.62. The average Bonchev–Trinajstić information content (AvgIpc) is 2.61. The number of hydrogen-bond acceptors (Lipinski definition) is 3. The summed E-state index contributed by atoms with van der Waals surface area (Å²) in [6.45, 7) is 6.65. The van der Waals surface area contributed by atoms with Crippen molar-refractivity contribution in [3.63, 3.8) is 0 Å². The molecule has 2 aromatic carbocycles. The van der Waals surface area contributed by atoms with Crippen molar-refractivity contribution in [1.82, 2.24) is 0 Å². The highest BCUT2D eigenvalue weighted by Gasteiger charge is 2.15. The standard InChI is InChI=1S/C20H23O3Si/c1-20(2,3)16-9-5-14(6-10-16)18-13-19(23-24-22-18)15-7-11-17(21-4)12-8-15/h5-13,19,24H,1-4H3/q-1. The van der Waals surface area contributed by atoms with Gasteiger partial charge in [-0.25, -0.2) is 0 Å². The van der Waals surface area contributed by atoms with E-state index >= 15 is 0 Å². The number of methoxy groups -OCH3 is 1. The molecule has 0 fully saturated rings. The maximum absolute atomic E-state index is 5.81. The topological polar surface area (TPSA) is 27.7 Å². The van der Waals surface area contributed by atoms with E-state index in [1.54, 1.807) is 7.11 Å². The Morgan fingerprint density at radius 1 is 0.958 bits per heavy atom. The lowest BCUT2D eigenvalue weighted by Gasteiger charge is -2.33. The van der Waals surface area contributed by atoms with Crippen molar-refractivity contribution in [2.45, 2.75) is 32.3 Å². The molecule has 1 aliphatic heterocycles. The Morgan fingerprint density at radius 2 is 1.62 bits per heavy atom. The van der Waals surface area contributed by atoms with E-state index in [9.17, 15) is 0 Å². The van der Waals surface area contributed by atoms with Crippen LogP contribution in [0.25, 0.3) is 5.76 Å². The zero-order chi connectivity index (χ0) is 17.2. The molecule has 3 rings (SSSR count). The second-order valence-corrected chi connectivity index (χ2v) is 7.60. The first kappa shape index (κ1) is 16.8. The van der Waals surface area contributed by atoms with Gasteiger partial charge in [0.25, 0.3) is 0 Å². The van der Waals surface area contributed by atoms with Gasteiger partial charge < -0.3 is 13.6 Å². The maximum atomic E-state index is 5.81. The van der Waals surface area contributed by atoms with Crippen LogP contribution in [-0.4, -0.2) is 17.1 Å². The third-order valence-electron chi connectivity index (χ3n) is 4.16. The number of rotatable bonds is 3.